The van der Waals surface area contributed by atoms with Gasteiger partial charge >= 0.3 is 0 Å². The largest absolute Gasteiger partial charge is 0.348 e. The van der Waals surface area contributed by atoms with E-state index in [9.17, 15) is 18.0 Å². The first-order chi connectivity index (χ1) is 11.2. The quantitative estimate of drug-likeness (QED) is 0.803. The van der Waals surface area contributed by atoms with Crippen LogP contribution in [0, 0.1) is 0 Å². The molecular weight excluding hydrogens is 398 g/mol. The number of aromatic nitrogens is 2. The number of carbonyl (C=O) groups is 1. The lowest BCUT2D eigenvalue weighted by molar-refractivity contribution is -0.123. The number of hydrogen-bond donors (Lipinski definition) is 1. The van der Waals surface area contributed by atoms with E-state index in [1.165, 1.54) is 10.9 Å². The Bertz CT molecular complexity index is 986. The minimum absolute atomic E-state index is 0.0648. The van der Waals surface area contributed by atoms with Crippen LogP contribution in [0.3, 0.4) is 0 Å². The molecule has 7 nitrogen and oxygen atoms in total. The molecule has 0 unspecified atom stereocenters. The fraction of sp³-hybridized carbons (Fsp3) is 0.400. The number of nitrogens with zero attached hydrogens (tertiary/aromatic N) is 2. The molecule has 1 atom stereocenters. The zero-order valence-corrected chi connectivity index (χ0v) is 15.4. The maximum atomic E-state index is 12.5. The van der Waals surface area contributed by atoms with Gasteiger partial charge in [0.05, 0.1) is 34.3 Å². The summed E-state index contributed by atoms with van der Waals surface area (Å²) in [4.78, 5) is 28.9. The molecule has 0 radical (unpaired) electrons. The first kappa shape index (κ1) is 17.1. The van der Waals surface area contributed by atoms with Gasteiger partial charge in [-0.3, -0.25) is 14.2 Å². The molecule has 1 saturated heterocycles. The Hall–Kier alpha value is -1.74. The van der Waals surface area contributed by atoms with E-state index in [1.54, 1.807) is 25.1 Å². The highest BCUT2D eigenvalue weighted by molar-refractivity contribution is 9.10. The summed E-state index contributed by atoms with van der Waals surface area (Å²) in [5.74, 6) is -0.424. The van der Waals surface area contributed by atoms with E-state index in [-0.39, 0.29) is 23.6 Å². The van der Waals surface area contributed by atoms with Gasteiger partial charge in [-0.2, -0.15) is 0 Å². The van der Waals surface area contributed by atoms with E-state index in [4.69, 9.17) is 0 Å². The molecule has 0 saturated carbocycles. The molecule has 1 N–H and O–H groups in total. The Balaban J connectivity index is 1.81. The van der Waals surface area contributed by atoms with Crippen molar-refractivity contribution in [2.24, 2.45) is 0 Å². The van der Waals surface area contributed by atoms with Crippen molar-refractivity contribution in [1.82, 2.24) is 14.9 Å². The van der Waals surface area contributed by atoms with Crippen LogP contribution in [-0.4, -0.2) is 40.9 Å². The average Bonchev–Trinajstić information content (AvgIpc) is 2.76. The molecule has 1 aliphatic rings. The summed E-state index contributed by atoms with van der Waals surface area (Å²) in [6.07, 6.45) is 1.70. The molecule has 128 valence electrons. The van der Waals surface area contributed by atoms with Gasteiger partial charge in [-0.15, -0.1) is 0 Å². The Morgan fingerprint density at radius 2 is 2.21 bits per heavy atom. The number of benzene rings is 1. The van der Waals surface area contributed by atoms with Gasteiger partial charge in [0.15, 0.2) is 9.84 Å². The van der Waals surface area contributed by atoms with Crippen LogP contribution in [0.4, 0.5) is 0 Å². The number of hydrogen-bond acceptors (Lipinski definition) is 5. The highest BCUT2D eigenvalue weighted by Gasteiger charge is 2.39. The summed E-state index contributed by atoms with van der Waals surface area (Å²) in [5, 5.41) is 3.14. The van der Waals surface area contributed by atoms with Crippen LogP contribution >= 0.6 is 15.9 Å². The highest BCUT2D eigenvalue weighted by Crippen LogP contribution is 2.22. The number of carbonyl (C=O) groups excluding carboxylic acids is 1. The smallest absolute Gasteiger partial charge is 0.261 e. The molecule has 1 amide bonds. The summed E-state index contributed by atoms with van der Waals surface area (Å²) in [6, 6.07) is 5.16. The summed E-state index contributed by atoms with van der Waals surface area (Å²) in [7, 11) is -3.11. The predicted octanol–water partition coefficient (Wildman–Crippen LogP) is 0.852. The van der Waals surface area contributed by atoms with Crippen LogP contribution in [0.5, 0.6) is 0 Å². The van der Waals surface area contributed by atoms with Gasteiger partial charge in [-0.25, -0.2) is 13.4 Å². The van der Waals surface area contributed by atoms with Crippen molar-refractivity contribution < 1.29 is 13.2 Å². The minimum Gasteiger partial charge on any atom is -0.348 e. The first-order valence-electron chi connectivity index (χ1n) is 7.34. The van der Waals surface area contributed by atoms with E-state index in [1.807, 2.05) is 0 Å². The zero-order valence-electron chi connectivity index (χ0n) is 13.0. The van der Waals surface area contributed by atoms with Crippen molar-refractivity contribution in [2.45, 2.75) is 25.4 Å². The van der Waals surface area contributed by atoms with Crippen molar-refractivity contribution in [3.05, 3.63) is 39.4 Å². The second-order valence-electron chi connectivity index (χ2n) is 6.29. The molecule has 2 heterocycles. The van der Waals surface area contributed by atoms with Gasteiger partial charge in [0, 0.05) is 4.47 Å². The van der Waals surface area contributed by atoms with Gasteiger partial charge in [-0.1, -0.05) is 15.9 Å². The highest BCUT2D eigenvalue weighted by atomic mass is 79.9. The number of nitrogens with one attached hydrogen (secondary N) is 1. The molecule has 1 aromatic heterocycles. The fourth-order valence-electron chi connectivity index (χ4n) is 2.88. The molecule has 0 bridgehead atoms. The van der Waals surface area contributed by atoms with Crippen LogP contribution < -0.4 is 10.9 Å². The number of rotatable bonds is 3. The predicted molar refractivity (Wildman–Crippen MR) is 93.5 cm³/mol. The Labute approximate surface area is 147 Å². The Morgan fingerprint density at radius 1 is 1.46 bits per heavy atom. The number of amides is 1. The Morgan fingerprint density at radius 3 is 2.88 bits per heavy atom. The lowest BCUT2D eigenvalue weighted by Crippen LogP contribution is -2.48. The van der Waals surface area contributed by atoms with Crippen molar-refractivity contribution in [3.8, 4) is 0 Å². The van der Waals surface area contributed by atoms with E-state index in [2.05, 4.69) is 26.2 Å². The minimum atomic E-state index is -3.11. The molecule has 0 spiro atoms. The van der Waals surface area contributed by atoms with E-state index >= 15 is 0 Å². The van der Waals surface area contributed by atoms with Crippen LogP contribution in [0.2, 0.25) is 0 Å². The van der Waals surface area contributed by atoms with E-state index < -0.39 is 21.3 Å². The second kappa shape index (κ2) is 5.96. The maximum absolute atomic E-state index is 12.5. The van der Waals surface area contributed by atoms with Gasteiger partial charge in [-0.05, 0) is 31.5 Å². The first-order valence-corrected chi connectivity index (χ1v) is 9.95. The molecule has 1 aromatic carbocycles. The lowest BCUT2D eigenvalue weighted by Gasteiger charge is -2.24. The van der Waals surface area contributed by atoms with Crippen LogP contribution in [0.1, 0.15) is 13.3 Å². The third-order valence-electron chi connectivity index (χ3n) is 4.04. The molecule has 1 fully saturated rings. The van der Waals surface area contributed by atoms with Crippen molar-refractivity contribution in [2.75, 3.05) is 11.5 Å². The van der Waals surface area contributed by atoms with Gasteiger partial charge < -0.3 is 5.32 Å². The van der Waals surface area contributed by atoms with Crippen molar-refractivity contribution in [1.29, 1.82) is 0 Å². The molecule has 1 aliphatic heterocycles. The topological polar surface area (TPSA) is 98.1 Å². The summed E-state index contributed by atoms with van der Waals surface area (Å²) >= 11 is 3.31. The SMILES string of the molecule is C[C@]1(NC(=O)Cn2cnc3ccc(Br)cc3c2=O)CCS(=O)(=O)C1. The van der Waals surface area contributed by atoms with Crippen LogP contribution in [-0.2, 0) is 21.2 Å². The van der Waals surface area contributed by atoms with Gasteiger partial charge in [0.2, 0.25) is 5.91 Å². The fourth-order valence-corrected chi connectivity index (χ4v) is 5.34. The molecule has 3 rings (SSSR count). The van der Waals surface area contributed by atoms with Crippen LogP contribution in [0.25, 0.3) is 10.9 Å². The molecular formula is C15H16BrN3O4S. The maximum Gasteiger partial charge on any atom is 0.261 e. The normalized spacial score (nSPS) is 22.6. The number of sulfone groups is 1. The van der Waals surface area contributed by atoms with Gasteiger partial charge in [0.25, 0.3) is 5.56 Å². The van der Waals surface area contributed by atoms with Crippen LogP contribution in [0.15, 0.2) is 33.8 Å². The van der Waals surface area contributed by atoms with E-state index in [0.29, 0.717) is 17.3 Å². The number of fused-ring (bicyclic) bond motifs is 1. The molecule has 0 aliphatic carbocycles. The average molecular weight is 414 g/mol. The standard InChI is InChI=1S/C15H16BrN3O4S/c1-15(4-5-24(22,23)8-15)18-13(20)7-19-9-17-12-3-2-10(16)6-11(12)14(19)21/h2-3,6,9H,4-5,7-8H2,1H3,(H,18,20)/t15-/m0/s1. The summed E-state index contributed by atoms with van der Waals surface area (Å²) in [6.45, 7) is 1.50. The molecule has 2 aromatic rings. The van der Waals surface area contributed by atoms with Crippen molar-refractivity contribution in [3.63, 3.8) is 0 Å². The molecule has 24 heavy (non-hydrogen) atoms. The van der Waals surface area contributed by atoms with E-state index in [0.717, 1.165) is 4.47 Å². The van der Waals surface area contributed by atoms with Gasteiger partial charge in [0.1, 0.15) is 6.54 Å². The molecule has 9 heteroatoms. The lowest BCUT2D eigenvalue weighted by atomic mass is 10.0. The Kier molecular flexibility index (Phi) is 4.25. The number of halogens is 1. The second-order valence-corrected chi connectivity index (χ2v) is 9.39. The summed E-state index contributed by atoms with van der Waals surface area (Å²) < 4.78 is 25.2. The third-order valence-corrected chi connectivity index (χ3v) is 6.44. The summed E-state index contributed by atoms with van der Waals surface area (Å²) in [5.41, 5.74) is -0.554. The monoisotopic (exact) mass is 413 g/mol. The zero-order chi connectivity index (χ0) is 17.5. The van der Waals surface area contributed by atoms with Crippen molar-refractivity contribution >= 4 is 42.6 Å². The third kappa shape index (κ3) is 3.51.